The van der Waals surface area contributed by atoms with Crippen LogP contribution in [-0.2, 0) is 0 Å². The number of nitrogens with zero attached hydrogens (tertiary/aromatic N) is 4. The molecule has 0 unspecified atom stereocenters. The van der Waals surface area contributed by atoms with E-state index >= 15 is 0 Å². The summed E-state index contributed by atoms with van der Waals surface area (Å²) in [7, 11) is 0. The van der Waals surface area contributed by atoms with Gasteiger partial charge in [0.2, 0.25) is 5.82 Å². The lowest BCUT2D eigenvalue weighted by molar-refractivity contribution is 0.431. The molecule has 0 spiro atoms. The first kappa shape index (κ1) is 11.3. The molecule has 3 aromatic heterocycles. The van der Waals surface area contributed by atoms with Crippen molar-refractivity contribution in [3.05, 3.63) is 42.4 Å². The molecule has 0 aliphatic heterocycles. The zero-order valence-corrected chi connectivity index (χ0v) is 10.1. The third-order valence-electron chi connectivity index (χ3n) is 2.51. The largest absolute Gasteiger partial charge is 0.506 e. The van der Waals surface area contributed by atoms with Gasteiger partial charge in [0.25, 0.3) is 5.89 Å². The summed E-state index contributed by atoms with van der Waals surface area (Å²) in [6, 6.07) is 7.09. The van der Waals surface area contributed by atoms with E-state index in [-0.39, 0.29) is 5.75 Å². The number of aryl methyl sites for hydroxylation is 1. The Morgan fingerprint density at radius 3 is 2.84 bits per heavy atom. The van der Waals surface area contributed by atoms with E-state index in [9.17, 15) is 5.11 Å². The number of pyridine rings is 2. The number of aromatic nitrogens is 4. The number of rotatable bonds is 2. The van der Waals surface area contributed by atoms with Gasteiger partial charge in [-0.15, -0.1) is 0 Å². The molecule has 0 saturated carbocycles. The molecule has 0 aromatic carbocycles. The monoisotopic (exact) mass is 254 g/mol. The molecule has 0 fully saturated rings. The summed E-state index contributed by atoms with van der Waals surface area (Å²) in [5.74, 6) is 0.745. The molecule has 6 nitrogen and oxygen atoms in total. The Morgan fingerprint density at radius 1 is 1.16 bits per heavy atom. The lowest BCUT2D eigenvalue weighted by Crippen LogP contribution is -1.88. The van der Waals surface area contributed by atoms with Crippen LogP contribution in [0, 0.1) is 6.92 Å². The molecule has 19 heavy (non-hydrogen) atoms. The van der Waals surface area contributed by atoms with E-state index in [4.69, 9.17) is 4.52 Å². The average Bonchev–Trinajstić information content (AvgIpc) is 2.88. The SMILES string of the molecule is Cc1cccc(-c2noc(-c3cncc(O)c3)n2)n1. The molecule has 0 amide bonds. The van der Waals surface area contributed by atoms with Crippen LogP contribution in [-0.4, -0.2) is 25.2 Å². The fourth-order valence-corrected chi connectivity index (χ4v) is 1.66. The lowest BCUT2D eigenvalue weighted by Gasteiger charge is -1.95. The third-order valence-corrected chi connectivity index (χ3v) is 2.51. The predicted octanol–water partition coefficient (Wildman–Crippen LogP) is 2.21. The zero-order valence-electron chi connectivity index (χ0n) is 10.1. The maximum Gasteiger partial charge on any atom is 0.259 e. The number of hydrogen-bond acceptors (Lipinski definition) is 6. The van der Waals surface area contributed by atoms with Crippen LogP contribution in [0.1, 0.15) is 5.69 Å². The maximum absolute atomic E-state index is 9.37. The van der Waals surface area contributed by atoms with E-state index in [0.717, 1.165) is 5.69 Å². The average molecular weight is 254 g/mol. The van der Waals surface area contributed by atoms with Gasteiger partial charge >= 0.3 is 0 Å². The Labute approximate surface area is 108 Å². The van der Waals surface area contributed by atoms with E-state index < -0.39 is 0 Å². The Hall–Kier alpha value is -2.76. The highest BCUT2D eigenvalue weighted by Crippen LogP contribution is 2.22. The van der Waals surface area contributed by atoms with Crippen molar-refractivity contribution in [2.24, 2.45) is 0 Å². The Kier molecular flexibility index (Phi) is 2.68. The van der Waals surface area contributed by atoms with Crippen molar-refractivity contribution in [3.8, 4) is 28.7 Å². The smallest absolute Gasteiger partial charge is 0.259 e. The Balaban J connectivity index is 2.00. The van der Waals surface area contributed by atoms with Crippen molar-refractivity contribution >= 4 is 0 Å². The second-order valence-corrected chi connectivity index (χ2v) is 4.02. The van der Waals surface area contributed by atoms with Crippen LogP contribution in [0.3, 0.4) is 0 Å². The summed E-state index contributed by atoms with van der Waals surface area (Å²) in [5, 5.41) is 13.2. The minimum atomic E-state index is 0.0472. The summed E-state index contributed by atoms with van der Waals surface area (Å²) in [6.07, 6.45) is 2.88. The summed E-state index contributed by atoms with van der Waals surface area (Å²) in [5.41, 5.74) is 2.08. The first-order chi connectivity index (χ1) is 9.22. The van der Waals surface area contributed by atoms with Gasteiger partial charge in [0.1, 0.15) is 11.4 Å². The number of hydrogen-bond donors (Lipinski definition) is 1. The van der Waals surface area contributed by atoms with Crippen molar-refractivity contribution in [2.75, 3.05) is 0 Å². The first-order valence-electron chi connectivity index (χ1n) is 5.64. The van der Waals surface area contributed by atoms with Crippen molar-refractivity contribution in [1.29, 1.82) is 0 Å². The lowest BCUT2D eigenvalue weighted by atomic mass is 10.2. The van der Waals surface area contributed by atoms with E-state index in [2.05, 4.69) is 20.1 Å². The highest BCUT2D eigenvalue weighted by Gasteiger charge is 2.12. The molecule has 0 saturated heterocycles. The molecule has 0 radical (unpaired) electrons. The molecular weight excluding hydrogens is 244 g/mol. The fourth-order valence-electron chi connectivity index (χ4n) is 1.66. The third kappa shape index (κ3) is 2.28. The van der Waals surface area contributed by atoms with Crippen LogP contribution in [0.2, 0.25) is 0 Å². The van der Waals surface area contributed by atoms with Crippen molar-refractivity contribution in [1.82, 2.24) is 20.1 Å². The van der Waals surface area contributed by atoms with E-state index in [1.54, 1.807) is 6.20 Å². The maximum atomic E-state index is 9.37. The standard InChI is InChI=1S/C13H10N4O2/c1-8-3-2-4-11(15-8)12-16-13(19-17-12)9-5-10(18)7-14-6-9/h2-7,18H,1H3. The molecule has 0 bridgehead atoms. The highest BCUT2D eigenvalue weighted by atomic mass is 16.5. The predicted molar refractivity (Wildman–Crippen MR) is 67.2 cm³/mol. The molecule has 6 heteroatoms. The normalized spacial score (nSPS) is 10.6. The summed E-state index contributed by atoms with van der Waals surface area (Å²) < 4.78 is 5.15. The summed E-state index contributed by atoms with van der Waals surface area (Å²) in [6.45, 7) is 1.89. The molecule has 0 aliphatic rings. The van der Waals surface area contributed by atoms with Gasteiger partial charge in [0.15, 0.2) is 0 Å². The van der Waals surface area contributed by atoms with Crippen LogP contribution >= 0.6 is 0 Å². The molecule has 1 N–H and O–H groups in total. The van der Waals surface area contributed by atoms with E-state index in [1.165, 1.54) is 12.3 Å². The second-order valence-electron chi connectivity index (χ2n) is 4.02. The van der Waals surface area contributed by atoms with Gasteiger partial charge in [-0.25, -0.2) is 4.98 Å². The molecule has 94 valence electrons. The van der Waals surface area contributed by atoms with E-state index in [0.29, 0.717) is 23.0 Å². The van der Waals surface area contributed by atoms with Crippen LogP contribution < -0.4 is 0 Å². The van der Waals surface area contributed by atoms with Gasteiger partial charge in [0, 0.05) is 11.9 Å². The van der Waals surface area contributed by atoms with Gasteiger partial charge in [-0.1, -0.05) is 11.2 Å². The fraction of sp³-hybridized carbons (Fsp3) is 0.0769. The minimum Gasteiger partial charge on any atom is -0.506 e. The van der Waals surface area contributed by atoms with Gasteiger partial charge in [-0.3, -0.25) is 4.98 Å². The zero-order chi connectivity index (χ0) is 13.2. The minimum absolute atomic E-state index is 0.0472. The quantitative estimate of drug-likeness (QED) is 0.754. The van der Waals surface area contributed by atoms with Crippen LogP contribution in [0.25, 0.3) is 23.0 Å². The summed E-state index contributed by atoms with van der Waals surface area (Å²) in [4.78, 5) is 12.4. The van der Waals surface area contributed by atoms with Gasteiger partial charge in [0.05, 0.1) is 11.8 Å². The second kappa shape index (κ2) is 4.49. The van der Waals surface area contributed by atoms with Crippen LogP contribution in [0.15, 0.2) is 41.2 Å². The molecular formula is C13H10N4O2. The molecule has 3 heterocycles. The Bertz CT molecular complexity index is 664. The topological polar surface area (TPSA) is 84.9 Å². The van der Waals surface area contributed by atoms with Gasteiger partial charge < -0.3 is 9.63 Å². The van der Waals surface area contributed by atoms with Gasteiger partial charge in [-0.05, 0) is 25.1 Å². The van der Waals surface area contributed by atoms with Crippen molar-refractivity contribution in [2.45, 2.75) is 6.92 Å². The van der Waals surface area contributed by atoms with Crippen molar-refractivity contribution < 1.29 is 9.63 Å². The molecule has 0 atom stereocenters. The molecule has 0 aliphatic carbocycles. The first-order valence-corrected chi connectivity index (χ1v) is 5.64. The van der Waals surface area contributed by atoms with Crippen LogP contribution in [0.5, 0.6) is 5.75 Å². The summed E-state index contributed by atoms with van der Waals surface area (Å²) >= 11 is 0. The van der Waals surface area contributed by atoms with Crippen LogP contribution in [0.4, 0.5) is 0 Å². The Morgan fingerprint density at radius 2 is 2.05 bits per heavy atom. The van der Waals surface area contributed by atoms with E-state index in [1.807, 2.05) is 25.1 Å². The molecule has 3 aromatic rings. The van der Waals surface area contributed by atoms with Crippen molar-refractivity contribution in [3.63, 3.8) is 0 Å². The van der Waals surface area contributed by atoms with Gasteiger partial charge in [-0.2, -0.15) is 4.98 Å². The number of aromatic hydroxyl groups is 1. The molecule has 3 rings (SSSR count). The highest BCUT2D eigenvalue weighted by molar-refractivity contribution is 5.57.